The zero-order valence-corrected chi connectivity index (χ0v) is 29.2. The molecule has 1 aliphatic rings. The normalized spacial score (nSPS) is 16.2. The van der Waals surface area contributed by atoms with Gasteiger partial charge in [-0.3, -0.25) is 5.10 Å². The van der Waals surface area contributed by atoms with Gasteiger partial charge in [-0.2, -0.15) is 5.10 Å². The lowest BCUT2D eigenvalue weighted by molar-refractivity contribution is -0.275. The van der Waals surface area contributed by atoms with Crippen LogP contribution in [0.2, 0.25) is 0 Å². The molecule has 4 aromatic rings. The number of benzene rings is 2. The lowest BCUT2D eigenvalue weighted by Crippen LogP contribution is -2.35. The first-order valence-electron chi connectivity index (χ1n) is 13.3. The van der Waals surface area contributed by atoms with Gasteiger partial charge in [0.05, 0.1) is 5.69 Å². The minimum Gasteiger partial charge on any atom is -0.406 e. The molecular formula is C27H30Br2F6IN7O2. The predicted molar refractivity (Wildman–Crippen MR) is 171 cm³/mol. The van der Waals surface area contributed by atoms with Gasteiger partial charge in [0, 0.05) is 9.61 Å². The van der Waals surface area contributed by atoms with Crippen molar-refractivity contribution in [3.8, 4) is 17.2 Å². The highest BCUT2D eigenvalue weighted by molar-refractivity contribution is 14.1. The number of hydrogen-bond donors (Lipinski definition) is 2. The summed E-state index contributed by atoms with van der Waals surface area (Å²) in [6.45, 7) is 2.31. The fourth-order valence-corrected chi connectivity index (χ4v) is 4.89. The maximum atomic E-state index is 11.9. The molecule has 0 radical (unpaired) electrons. The van der Waals surface area contributed by atoms with Gasteiger partial charge in [0.15, 0.2) is 4.73 Å². The van der Waals surface area contributed by atoms with E-state index in [1.165, 1.54) is 85.8 Å². The number of aromatic amines is 1. The van der Waals surface area contributed by atoms with E-state index in [-0.39, 0.29) is 11.5 Å². The maximum absolute atomic E-state index is 11.9. The molecule has 0 saturated heterocycles. The number of rotatable bonds is 5. The van der Waals surface area contributed by atoms with Gasteiger partial charge in [-0.05, 0) is 129 Å². The molecule has 18 heteroatoms. The minimum absolute atomic E-state index is 0.192. The highest BCUT2D eigenvalue weighted by Gasteiger charge is 2.31. The van der Waals surface area contributed by atoms with E-state index in [9.17, 15) is 26.3 Å². The number of alkyl halides is 6. The molecule has 5 rings (SSSR count). The van der Waals surface area contributed by atoms with Gasteiger partial charge in [-0.15, -0.1) is 31.4 Å². The molecule has 1 aliphatic carbocycles. The summed E-state index contributed by atoms with van der Waals surface area (Å²) < 4.78 is 81.3. The van der Waals surface area contributed by atoms with E-state index in [0.717, 1.165) is 15.5 Å². The molecule has 1 fully saturated rings. The Morgan fingerprint density at radius 1 is 0.911 bits per heavy atom. The summed E-state index contributed by atoms with van der Waals surface area (Å²) in [6.07, 6.45) is 0.666. The number of hydrogen-bond acceptors (Lipinski definition) is 7. The van der Waals surface area contributed by atoms with E-state index in [4.69, 9.17) is 0 Å². The van der Waals surface area contributed by atoms with Crippen LogP contribution in [0.5, 0.6) is 11.5 Å². The zero-order valence-electron chi connectivity index (χ0n) is 23.9. The fourth-order valence-electron chi connectivity index (χ4n) is 4.07. The van der Waals surface area contributed by atoms with Crippen LogP contribution in [0.4, 0.5) is 26.3 Å². The molecule has 2 atom stereocenters. The van der Waals surface area contributed by atoms with Crippen LogP contribution in [-0.4, -0.2) is 55.8 Å². The van der Waals surface area contributed by atoms with Gasteiger partial charge in [0.1, 0.15) is 24.2 Å². The minimum atomic E-state index is -4.68. The average Bonchev–Trinajstić information content (AvgIpc) is 3.65. The summed E-state index contributed by atoms with van der Waals surface area (Å²) in [7, 11) is 2.10. The van der Waals surface area contributed by atoms with Gasteiger partial charge < -0.3 is 14.8 Å². The van der Waals surface area contributed by atoms with Crippen molar-refractivity contribution in [1.29, 1.82) is 0 Å². The summed E-state index contributed by atoms with van der Waals surface area (Å²) in [4.78, 5) is 7.50. The molecule has 2 N–H and O–H groups in total. The molecule has 0 bridgehead atoms. The smallest absolute Gasteiger partial charge is 0.406 e. The largest absolute Gasteiger partial charge is 0.573 e. The molecule has 2 aromatic heterocycles. The Labute approximate surface area is 286 Å². The van der Waals surface area contributed by atoms with Crippen LogP contribution in [0.15, 0.2) is 70.7 Å². The van der Waals surface area contributed by atoms with Crippen LogP contribution in [0.25, 0.3) is 5.69 Å². The summed E-state index contributed by atoms with van der Waals surface area (Å²) in [5.41, 5.74) is 0.581. The van der Waals surface area contributed by atoms with Crippen molar-refractivity contribution in [1.82, 2.24) is 35.3 Å². The van der Waals surface area contributed by atoms with Crippen molar-refractivity contribution in [3.05, 3.63) is 74.2 Å². The lowest BCUT2D eigenvalue weighted by Gasteiger charge is -2.30. The maximum Gasteiger partial charge on any atom is 0.573 e. The number of aromatic nitrogens is 6. The molecular weight excluding hydrogens is 855 g/mol. The highest BCUT2D eigenvalue weighted by atomic mass is 127. The fraction of sp³-hybridized carbons (Fsp3) is 0.407. The second-order valence-electron chi connectivity index (χ2n) is 9.13. The Kier molecular flexibility index (Phi) is 16.6. The third-order valence-corrected chi connectivity index (χ3v) is 7.50. The number of nitrogens with one attached hydrogen (secondary N) is 2. The van der Waals surface area contributed by atoms with Crippen molar-refractivity contribution < 1.29 is 35.8 Å². The molecule has 0 aliphatic heterocycles. The molecule has 0 spiro atoms. The van der Waals surface area contributed by atoms with Crippen LogP contribution >= 0.6 is 54.5 Å². The van der Waals surface area contributed by atoms with Gasteiger partial charge in [-0.25, -0.2) is 14.6 Å². The van der Waals surface area contributed by atoms with Gasteiger partial charge in [0.25, 0.3) is 0 Å². The van der Waals surface area contributed by atoms with Gasteiger partial charge in [-0.1, -0.05) is 26.2 Å². The summed E-state index contributed by atoms with van der Waals surface area (Å²) in [6, 6.07) is 11.8. The second kappa shape index (κ2) is 19.3. The molecule has 45 heavy (non-hydrogen) atoms. The van der Waals surface area contributed by atoms with Crippen LogP contribution in [0.1, 0.15) is 39.0 Å². The van der Waals surface area contributed by atoms with Crippen LogP contribution in [-0.2, 0) is 0 Å². The Balaban J connectivity index is 0.000000222. The first kappa shape index (κ1) is 38.7. The number of halogens is 9. The van der Waals surface area contributed by atoms with E-state index >= 15 is 0 Å². The van der Waals surface area contributed by atoms with Crippen LogP contribution < -0.4 is 14.8 Å². The zero-order chi connectivity index (χ0) is 33.5. The van der Waals surface area contributed by atoms with Crippen molar-refractivity contribution in [3.63, 3.8) is 0 Å². The number of nitrogens with zero attached hydrogens (tertiary/aromatic N) is 5. The SMILES string of the molecule is Brc1ncn[nH]1.CC[C@@H]1CCCC[C@H]1NC.FC(F)(F)Oc1ccc(-n2cnc(Br)n2)cc1.FC(F)(F)Oc1ccc(I)cc1. The van der Waals surface area contributed by atoms with Crippen molar-refractivity contribution in [2.75, 3.05) is 7.05 Å². The first-order valence-corrected chi connectivity index (χ1v) is 16.0. The molecule has 9 nitrogen and oxygen atoms in total. The average molecular weight is 885 g/mol. The van der Waals surface area contributed by atoms with Gasteiger partial charge >= 0.3 is 12.7 Å². The third kappa shape index (κ3) is 16.6. The lowest BCUT2D eigenvalue weighted by atomic mass is 9.83. The predicted octanol–water partition coefficient (Wildman–Crippen LogP) is 8.86. The highest BCUT2D eigenvalue weighted by Crippen LogP contribution is 2.26. The Morgan fingerprint density at radius 2 is 1.47 bits per heavy atom. The van der Waals surface area contributed by atoms with E-state index in [1.807, 2.05) is 22.6 Å². The quantitative estimate of drug-likeness (QED) is 0.153. The Morgan fingerprint density at radius 3 is 1.84 bits per heavy atom. The first-order chi connectivity index (χ1) is 21.2. The Bertz CT molecular complexity index is 1350. The molecule has 2 heterocycles. The molecule has 0 unspecified atom stereocenters. The van der Waals surface area contributed by atoms with Crippen molar-refractivity contribution >= 4 is 54.5 Å². The standard InChI is InChI=1S/C9H5BrF3N3O.C9H19N.C7H4F3IO.C2H2BrN3/c10-8-14-5-16(15-8)6-1-3-7(4-2-6)17-9(11,12)13;1-3-8-6-4-5-7-9(8)10-2;8-7(9,10)12-6-3-1-5(11)2-4-6;3-2-4-1-5-6-2/h1-5H;8-10H,3-7H2,1-2H3;1-4H;1H,(H,4,5,6)/t;8-,9-;;/m.1../s1. The van der Waals surface area contributed by atoms with Crippen molar-refractivity contribution in [2.24, 2.45) is 5.92 Å². The van der Waals surface area contributed by atoms with Crippen molar-refractivity contribution in [2.45, 2.75) is 57.8 Å². The third-order valence-electron chi connectivity index (χ3n) is 6.04. The van der Waals surface area contributed by atoms with E-state index in [0.29, 0.717) is 15.2 Å². The summed E-state index contributed by atoms with van der Waals surface area (Å²) >= 11 is 8.12. The molecule has 2 aromatic carbocycles. The number of H-pyrrole nitrogens is 1. The molecule has 1 saturated carbocycles. The Hall–Kier alpha value is -2.45. The van der Waals surface area contributed by atoms with E-state index < -0.39 is 12.7 Å². The second-order valence-corrected chi connectivity index (χ2v) is 11.8. The van der Waals surface area contributed by atoms with Crippen LogP contribution in [0, 0.1) is 9.49 Å². The molecule has 248 valence electrons. The monoisotopic (exact) mass is 883 g/mol. The summed E-state index contributed by atoms with van der Waals surface area (Å²) in [5.74, 6) is 0.488. The topological polar surface area (TPSA) is 103 Å². The molecule has 0 amide bonds. The van der Waals surface area contributed by atoms with Gasteiger partial charge in [0.2, 0.25) is 4.73 Å². The van der Waals surface area contributed by atoms with E-state index in [2.05, 4.69) is 85.9 Å². The van der Waals surface area contributed by atoms with E-state index in [1.54, 1.807) is 12.1 Å². The summed E-state index contributed by atoms with van der Waals surface area (Å²) in [5, 5.41) is 13.4. The van der Waals surface area contributed by atoms with Crippen LogP contribution in [0.3, 0.4) is 0 Å². The number of ether oxygens (including phenoxy) is 2.